The molecule has 3 rings (SSSR count). The van der Waals surface area contributed by atoms with Gasteiger partial charge in [-0.25, -0.2) is 4.79 Å². The third-order valence-corrected chi connectivity index (χ3v) is 4.14. The van der Waals surface area contributed by atoms with Crippen LogP contribution < -0.4 is 25.4 Å². The van der Waals surface area contributed by atoms with Crippen LogP contribution in [0, 0.1) is 0 Å². The summed E-state index contributed by atoms with van der Waals surface area (Å²) in [4.78, 5) is 23.9. The maximum absolute atomic E-state index is 12.3. The largest absolute Gasteiger partial charge is 0.497 e. The second-order valence-electron chi connectivity index (χ2n) is 5.92. The molecule has 0 atom stereocenters. The van der Waals surface area contributed by atoms with Crippen LogP contribution in [-0.2, 0) is 11.2 Å². The number of hydrogen-bond donors (Lipinski definition) is 3. The van der Waals surface area contributed by atoms with E-state index in [-0.39, 0.29) is 11.9 Å². The fraction of sp³-hybridized carbons (Fsp3) is 0.263. The Kier molecular flexibility index (Phi) is 5.26. The zero-order valence-corrected chi connectivity index (χ0v) is 14.7. The van der Waals surface area contributed by atoms with E-state index < -0.39 is 0 Å². The van der Waals surface area contributed by atoms with Gasteiger partial charge in [0.05, 0.1) is 19.9 Å². The van der Waals surface area contributed by atoms with Gasteiger partial charge in [-0.05, 0) is 48.7 Å². The van der Waals surface area contributed by atoms with Crippen molar-refractivity contribution in [2.75, 3.05) is 30.2 Å². The zero-order valence-electron chi connectivity index (χ0n) is 14.7. The van der Waals surface area contributed by atoms with Crippen LogP contribution in [0.5, 0.6) is 11.5 Å². The molecule has 26 heavy (non-hydrogen) atoms. The molecule has 0 saturated heterocycles. The number of carbonyl (C=O) groups is 2. The van der Waals surface area contributed by atoms with E-state index in [2.05, 4.69) is 16.0 Å². The molecule has 3 amide bonds. The average Bonchev–Trinajstić information content (AvgIpc) is 2.82. The molecule has 2 aromatic carbocycles. The lowest BCUT2D eigenvalue weighted by molar-refractivity contribution is -0.116. The molecule has 1 aliphatic heterocycles. The smallest absolute Gasteiger partial charge is 0.323 e. The molecule has 136 valence electrons. The fourth-order valence-corrected chi connectivity index (χ4v) is 2.84. The predicted molar refractivity (Wildman–Crippen MR) is 100 cm³/mol. The van der Waals surface area contributed by atoms with Gasteiger partial charge in [0.2, 0.25) is 5.91 Å². The first-order chi connectivity index (χ1) is 12.6. The fourth-order valence-electron chi connectivity index (χ4n) is 2.84. The number of methoxy groups -OCH3 is 2. The minimum absolute atomic E-state index is 0.0220. The summed E-state index contributed by atoms with van der Waals surface area (Å²) in [5, 5.41) is 8.44. The van der Waals surface area contributed by atoms with Crippen molar-refractivity contribution in [1.29, 1.82) is 0 Å². The van der Waals surface area contributed by atoms with E-state index in [1.807, 2.05) is 12.1 Å². The molecular formula is C19H21N3O4. The third kappa shape index (κ3) is 4.05. The van der Waals surface area contributed by atoms with Crippen LogP contribution in [0.3, 0.4) is 0 Å². The van der Waals surface area contributed by atoms with Gasteiger partial charge in [-0.1, -0.05) is 0 Å². The zero-order chi connectivity index (χ0) is 18.5. The SMILES string of the molecule is COc1ccc(NC(=O)Nc2ccc3c(c2)CCCC(=O)N3)c(OC)c1. The predicted octanol–water partition coefficient (Wildman–Crippen LogP) is 3.62. The number of amides is 3. The van der Waals surface area contributed by atoms with Crippen molar-refractivity contribution < 1.29 is 19.1 Å². The number of rotatable bonds is 4. The summed E-state index contributed by atoms with van der Waals surface area (Å²) in [6.07, 6.45) is 2.09. The van der Waals surface area contributed by atoms with Crippen molar-refractivity contribution >= 4 is 29.0 Å². The quantitative estimate of drug-likeness (QED) is 0.781. The normalized spacial score (nSPS) is 13.1. The Morgan fingerprint density at radius 2 is 1.88 bits per heavy atom. The lowest BCUT2D eigenvalue weighted by Gasteiger charge is -2.13. The van der Waals surface area contributed by atoms with Crippen LogP contribution in [0.25, 0.3) is 0 Å². The average molecular weight is 355 g/mol. The number of fused-ring (bicyclic) bond motifs is 1. The van der Waals surface area contributed by atoms with E-state index in [1.165, 1.54) is 7.11 Å². The van der Waals surface area contributed by atoms with Crippen molar-refractivity contribution in [2.24, 2.45) is 0 Å². The minimum Gasteiger partial charge on any atom is -0.497 e. The first kappa shape index (κ1) is 17.6. The molecule has 1 heterocycles. The van der Waals surface area contributed by atoms with Gasteiger partial charge in [0.15, 0.2) is 0 Å². The van der Waals surface area contributed by atoms with E-state index in [0.717, 1.165) is 24.1 Å². The van der Waals surface area contributed by atoms with E-state index in [4.69, 9.17) is 9.47 Å². The molecule has 7 nitrogen and oxygen atoms in total. The van der Waals surface area contributed by atoms with Gasteiger partial charge in [-0.2, -0.15) is 0 Å². The van der Waals surface area contributed by atoms with Crippen LogP contribution in [0.1, 0.15) is 18.4 Å². The number of aryl methyl sites for hydroxylation is 1. The van der Waals surface area contributed by atoms with Crippen LogP contribution in [0.2, 0.25) is 0 Å². The molecule has 0 radical (unpaired) electrons. The maximum Gasteiger partial charge on any atom is 0.323 e. The van der Waals surface area contributed by atoms with Gasteiger partial charge in [-0.15, -0.1) is 0 Å². The highest BCUT2D eigenvalue weighted by molar-refractivity contribution is 6.01. The second kappa shape index (κ2) is 7.77. The number of carbonyl (C=O) groups excluding carboxylic acids is 2. The number of nitrogens with one attached hydrogen (secondary N) is 3. The lowest BCUT2D eigenvalue weighted by atomic mass is 10.1. The summed E-state index contributed by atoms with van der Waals surface area (Å²) in [5.41, 5.74) is 3.00. The van der Waals surface area contributed by atoms with Gasteiger partial charge in [0, 0.05) is 23.9 Å². The Balaban J connectivity index is 1.71. The highest BCUT2D eigenvalue weighted by atomic mass is 16.5. The Morgan fingerprint density at radius 3 is 2.65 bits per heavy atom. The number of anilines is 3. The van der Waals surface area contributed by atoms with Crippen molar-refractivity contribution in [3.05, 3.63) is 42.0 Å². The van der Waals surface area contributed by atoms with E-state index in [9.17, 15) is 9.59 Å². The second-order valence-corrected chi connectivity index (χ2v) is 5.92. The van der Waals surface area contributed by atoms with Crippen molar-refractivity contribution in [3.8, 4) is 11.5 Å². The number of hydrogen-bond acceptors (Lipinski definition) is 4. The summed E-state index contributed by atoms with van der Waals surface area (Å²) < 4.78 is 10.4. The number of urea groups is 1. The van der Waals surface area contributed by atoms with Gasteiger partial charge >= 0.3 is 6.03 Å². The monoisotopic (exact) mass is 355 g/mol. The van der Waals surface area contributed by atoms with Crippen LogP contribution in [-0.4, -0.2) is 26.2 Å². The van der Waals surface area contributed by atoms with Gasteiger partial charge in [-0.3, -0.25) is 4.79 Å². The van der Waals surface area contributed by atoms with Gasteiger partial charge in [0.25, 0.3) is 0 Å². The summed E-state index contributed by atoms with van der Waals surface area (Å²) in [5.74, 6) is 1.17. The Morgan fingerprint density at radius 1 is 1.04 bits per heavy atom. The topological polar surface area (TPSA) is 88.7 Å². The van der Waals surface area contributed by atoms with E-state index >= 15 is 0 Å². The molecule has 3 N–H and O–H groups in total. The van der Waals surface area contributed by atoms with E-state index in [1.54, 1.807) is 31.4 Å². The molecule has 0 aromatic heterocycles. The molecule has 0 saturated carbocycles. The van der Waals surface area contributed by atoms with Crippen molar-refractivity contribution in [3.63, 3.8) is 0 Å². The first-order valence-corrected chi connectivity index (χ1v) is 8.32. The number of benzene rings is 2. The summed E-state index contributed by atoms with van der Waals surface area (Å²) >= 11 is 0. The highest BCUT2D eigenvalue weighted by Crippen LogP contribution is 2.29. The first-order valence-electron chi connectivity index (χ1n) is 8.32. The van der Waals surface area contributed by atoms with Crippen LogP contribution >= 0.6 is 0 Å². The van der Waals surface area contributed by atoms with E-state index in [0.29, 0.717) is 29.3 Å². The molecule has 0 aliphatic carbocycles. The van der Waals surface area contributed by atoms with Crippen LogP contribution in [0.15, 0.2) is 36.4 Å². The van der Waals surface area contributed by atoms with Gasteiger partial charge < -0.3 is 25.4 Å². The Hall–Kier alpha value is -3.22. The van der Waals surface area contributed by atoms with Crippen molar-refractivity contribution in [2.45, 2.75) is 19.3 Å². The van der Waals surface area contributed by atoms with Crippen molar-refractivity contribution in [1.82, 2.24) is 0 Å². The number of ether oxygens (including phenoxy) is 2. The lowest BCUT2D eigenvalue weighted by Crippen LogP contribution is -2.20. The molecule has 7 heteroatoms. The molecular weight excluding hydrogens is 334 g/mol. The molecule has 0 fully saturated rings. The summed E-state index contributed by atoms with van der Waals surface area (Å²) in [7, 11) is 3.09. The third-order valence-electron chi connectivity index (χ3n) is 4.14. The molecule has 1 aliphatic rings. The molecule has 0 spiro atoms. The van der Waals surface area contributed by atoms with Crippen LogP contribution in [0.4, 0.5) is 21.9 Å². The summed E-state index contributed by atoms with van der Waals surface area (Å²) in [6, 6.07) is 10.2. The highest BCUT2D eigenvalue weighted by Gasteiger charge is 2.14. The van der Waals surface area contributed by atoms with Gasteiger partial charge in [0.1, 0.15) is 11.5 Å². The summed E-state index contributed by atoms with van der Waals surface area (Å²) in [6.45, 7) is 0. The molecule has 2 aromatic rings. The molecule has 0 unspecified atom stereocenters. The standard InChI is InChI=1S/C19H21N3O4/c1-25-14-7-9-16(17(11-14)26-2)22-19(24)20-13-6-8-15-12(10-13)4-3-5-18(23)21-15/h6-11H,3-5H2,1-2H3,(H,21,23)(H2,20,22,24). The Labute approximate surface area is 151 Å². The molecule has 0 bridgehead atoms. The minimum atomic E-state index is -0.383. The maximum atomic E-state index is 12.3. The Bertz CT molecular complexity index is 836.